The predicted octanol–water partition coefficient (Wildman–Crippen LogP) is 1.15. The monoisotopic (exact) mass is 313 g/mol. The van der Waals surface area contributed by atoms with Gasteiger partial charge in [0.15, 0.2) is 6.10 Å². The zero-order valence-electron chi connectivity index (χ0n) is 11.4. The first-order valence-corrected chi connectivity index (χ1v) is 6.90. The van der Waals surface area contributed by atoms with E-state index >= 15 is 0 Å². The topological polar surface area (TPSA) is 87.1 Å². The van der Waals surface area contributed by atoms with Crippen LogP contribution in [0, 0.1) is 0 Å². The molecule has 1 unspecified atom stereocenters. The molecule has 7 heteroatoms. The van der Waals surface area contributed by atoms with E-state index in [4.69, 9.17) is 21.4 Å². The first-order chi connectivity index (χ1) is 9.88. The maximum absolute atomic E-state index is 12.3. The Labute approximate surface area is 126 Å². The molecule has 114 valence electrons. The van der Waals surface area contributed by atoms with Crippen LogP contribution in [0.2, 0.25) is 5.02 Å². The van der Waals surface area contributed by atoms with Gasteiger partial charge in [0.1, 0.15) is 11.8 Å². The molecule has 1 aromatic rings. The van der Waals surface area contributed by atoms with Gasteiger partial charge in [-0.2, -0.15) is 0 Å². The number of benzene rings is 1. The Hall–Kier alpha value is -1.79. The zero-order chi connectivity index (χ0) is 15.6. The summed E-state index contributed by atoms with van der Waals surface area (Å²) in [4.78, 5) is 24.6. The lowest BCUT2D eigenvalue weighted by atomic mass is 10.2. The molecule has 0 aromatic heterocycles. The van der Waals surface area contributed by atoms with Crippen LogP contribution in [-0.2, 0) is 9.59 Å². The van der Waals surface area contributed by atoms with Crippen molar-refractivity contribution in [3.8, 4) is 5.75 Å². The number of likely N-dealkylation sites (tertiary alicyclic amines) is 1. The van der Waals surface area contributed by atoms with E-state index in [0.29, 0.717) is 10.8 Å². The summed E-state index contributed by atoms with van der Waals surface area (Å²) in [6.45, 7) is 1.53. The normalized spacial score (nSPS) is 22.9. The number of carbonyl (C=O) groups is 2. The fourth-order valence-electron chi connectivity index (χ4n) is 2.32. The molecule has 0 spiro atoms. The summed E-state index contributed by atoms with van der Waals surface area (Å²) in [5.74, 6) is -1.18. The number of rotatable bonds is 4. The van der Waals surface area contributed by atoms with Gasteiger partial charge in [0, 0.05) is 18.0 Å². The fraction of sp³-hybridized carbons (Fsp3) is 0.429. The van der Waals surface area contributed by atoms with Gasteiger partial charge in [-0.3, -0.25) is 4.79 Å². The summed E-state index contributed by atoms with van der Waals surface area (Å²) >= 11 is 5.83. The third-order valence-corrected chi connectivity index (χ3v) is 3.54. The molecule has 1 saturated heterocycles. The van der Waals surface area contributed by atoms with Gasteiger partial charge in [-0.15, -0.1) is 0 Å². The molecule has 0 aliphatic carbocycles. The van der Waals surface area contributed by atoms with E-state index in [9.17, 15) is 14.7 Å². The lowest BCUT2D eigenvalue weighted by Crippen LogP contribution is -2.46. The van der Waals surface area contributed by atoms with E-state index < -0.39 is 30.1 Å². The molecule has 1 aliphatic heterocycles. The predicted molar refractivity (Wildman–Crippen MR) is 75.3 cm³/mol. The molecule has 2 rings (SSSR count). The third kappa shape index (κ3) is 3.65. The molecule has 21 heavy (non-hydrogen) atoms. The molecule has 3 atom stereocenters. The van der Waals surface area contributed by atoms with Crippen LogP contribution in [0.3, 0.4) is 0 Å². The van der Waals surface area contributed by atoms with E-state index in [-0.39, 0.29) is 13.0 Å². The molecule has 1 amide bonds. The molecule has 1 aromatic carbocycles. The van der Waals surface area contributed by atoms with E-state index in [2.05, 4.69) is 0 Å². The van der Waals surface area contributed by atoms with E-state index in [1.807, 2.05) is 0 Å². The van der Waals surface area contributed by atoms with E-state index in [1.54, 1.807) is 24.3 Å². The third-order valence-electron chi connectivity index (χ3n) is 3.30. The largest absolute Gasteiger partial charge is 0.481 e. The number of hydrogen-bond donors (Lipinski definition) is 2. The number of carboxylic acid groups (broad SMARTS) is 1. The van der Waals surface area contributed by atoms with Crippen LogP contribution in [0.5, 0.6) is 5.75 Å². The highest BCUT2D eigenvalue weighted by Crippen LogP contribution is 2.22. The number of amides is 1. The zero-order valence-corrected chi connectivity index (χ0v) is 12.2. The van der Waals surface area contributed by atoms with Crippen molar-refractivity contribution in [3.05, 3.63) is 29.3 Å². The Morgan fingerprint density at radius 3 is 2.81 bits per heavy atom. The molecule has 6 nitrogen and oxygen atoms in total. The van der Waals surface area contributed by atoms with Gasteiger partial charge in [-0.1, -0.05) is 17.7 Å². The second-order valence-corrected chi connectivity index (χ2v) is 5.39. The van der Waals surface area contributed by atoms with Crippen molar-refractivity contribution in [2.24, 2.45) is 0 Å². The SMILES string of the molecule is CC(Oc1cccc(Cl)c1)C(=O)N1C[C@H](O)C[C@H]1C(=O)O. The Morgan fingerprint density at radius 2 is 2.19 bits per heavy atom. The van der Waals surface area contributed by atoms with Crippen LogP contribution >= 0.6 is 11.6 Å². The summed E-state index contributed by atoms with van der Waals surface area (Å²) in [5.41, 5.74) is 0. The van der Waals surface area contributed by atoms with Gasteiger partial charge in [0.25, 0.3) is 5.91 Å². The summed E-state index contributed by atoms with van der Waals surface area (Å²) in [6.07, 6.45) is -1.66. The van der Waals surface area contributed by atoms with E-state index in [1.165, 1.54) is 6.92 Å². The first-order valence-electron chi connectivity index (χ1n) is 6.52. The molecule has 1 fully saturated rings. The average Bonchev–Trinajstić information content (AvgIpc) is 2.80. The number of carbonyl (C=O) groups excluding carboxylic acids is 1. The number of ether oxygens (including phenoxy) is 1. The molecule has 0 radical (unpaired) electrons. The number of halogens is 1. The van der Waals surface area contributed by atoms with Crippen LogP contribution in [0.1, 0.15) is 13.3 Å². The maximum Gasteiger partial charge on any atom is 0.326 e. The summed E-state index contributed by atoms with van der Waals surface area (Å²) in [7, 11) is 0. The number of carboxylic acids is 1. The van der Waals surface area contributed by atoms with Crippen molar-refractivity contribution in [2.75, 3.05) is 6.54 Å². The number of hydrogen-bond acceptors (Lipinski definition) is 4. The van der Waals surface area contributed by atoms with Crippen molar-refractivity contribution in [1.82, 2.24) is 4.90 Å². The second-order valence-electron chi connectivity index (χ2n) is 4.95. The Balaban J connectivity index is 2.06. The minimum Gasteiger partial charge on any atom is -0.481 e. The standard InChI is InChI=1S/C14H16ClNO5/c1-8(21-11-4-2-3-9(15)5-11)13(18)16-7-10(17)6-12(16)14(19)20/h2-5,8,10,12,17H,6-7H2,1H3,(H,19,20)/t8?,10-,12+/m1/s1. The summed E-state index contributed by atoms with van der Waals surface area (Å²) < 4.78 is 5.48. The van der Waals surface area contributed by atoms with Gasteiger partial charge in [0.2, 0.25) is 0 Å². The molecule has 0 bridgehead atoms. The highest BCUT2D eigenvalue weighted by molar-refractivity contribution is 6.30. The highest BCUT2D eigenvalue weighted by atomic mass is 35.5. The van der Waals surface area contributed by atoms with Gasteiger partial charge in [0.05, 0.1) is 6.10 Å². The Bertz CT molecular complexity index is 550. The second kappa shape index (κ2) is 6.32. The number of nitrogens with zero attached hydrogens (tertiary/aromatic N) is 1. The van der Waals surface area contributed by atoms with Crippen LogP contribution in [0.25, 0.3) is 0 Å². The number of aliphatic carboxylic acids is 1. The molecular formula is C14H16ClNO5. The Kier molecular flexibility index (Phi) is 4.69. The van der Waals surface area contributed by atoms with Crippen molar-refractivity contribution in [1.29, 1.82) is 0 Å². The van der Waals surface area contributed by atoms with Crippen molar-refractivity contribution < 1.29 is 24.5 Å². The summed E-state index contributed by atoms with van der Waals surface area (Å²) in [6, 6.07) is 5.58. The number of β-amino-alcohol motifs (C(OH)–C–C–N with tert-alkyl or cyclic N) is 1. The maximum atomic E-state index is 12.3. The van der Waals surface area contributed by atoms with Crippen LogP contribution in [0.15, 0.2) is 24.3 Å². The average molecular weight is 314 g/mol. The van der Waals surface area contributed by atoms with E-state index in [0.717, 1.165) is 4.90 Å². The minimum absolute atomic E-state index is 0.000947. The molecule has 0 saturated carbocycles. The van der Waals surface area contributed by atoms with Gasteiger partial charge >= 0.3 is 5.97 Å². The lowest BCUT2D eigenvalue weighted by Gasteiger charge is -2.25. The van der Waals surface area contributed by atoms with Crippen LogP contribution in [0.4, 0.5) is 0 Å². The van der Waals surface area contributed by atoms with Crippen molar-refractivity contribution in [3.63, 3.8) is 0 Å². The fourth-order valence-corrected chi connectivity index (χ4v) is 2.50. The van der Waals surface area contributed by atoms with Crippen molar-refractivity contribution >= 4 is 23.5 Å². The highest BCUT2D eigenvalue weighted by Gasteiger charge is 2.40. The number of aliphatic hydroxyl groups is 1. The number of aliphatic hydroxyl groups excluding tert-OH is 1. The molecule has 2 N–H and O–H groups in total. The van der Waals surface area contributed by atoms with Crippen molar-refractivity contribution in [2.45, 2.75) is 31.6 Å². The Morgan fingerprint density at radius 1 is 1.48 bits per heavy atom. The minimum atomic E-state index is -1.13. The van der Waals surface area contributed by atoms with Crippen LogP contribution < -0.4 is 4.74 Å². The smallest absolute Gasteiger partial charge is 0.326 e. The van der Waals surface area contributed by atoms with Gasteiger partial charge in [-0.25, -0.2) is 4.79 Å². The molecule has 1 aliphatic rings. The van der Waals surface area contributed by atoms with Gasteiger partial charge < -0.3 is 19.8 Å². The first kappa shape index (κ1) is 15.6. The quantitative estimate of drug-likeness (QED) is 0.871. The van der Waals surface area contributed by atoms with Gasteiger partial charge in [-0.05, 0) is 25.1 Å². The lowest BCUT2D eigenvalue weighted by molar-refractivity contribution is -0.150. The summed E-state index contributed by atoms with van der Waals surface area (Å²) in [5, 5.41) is 19.1. The molecular weight excluding hydrogens is 298 g/mol. The van der Waals surface area contributed by atoms with Crippen LogP contribution in [-0.4, -0.2) is 51.8 Å². The molecule has 1 heterocycles.